The lowest BCUT2D eigenvalue weighted by atomic mass is 10.1. The first-order valence-electron chi connectivity index (χ1n) is 12.9. The number of hydrogen-bond donors (Lipinski definition) is 3. The van der Waals surface area contributed by atoms with E-state index in [9.17, 15) is 9.59 Å². The molecule has 0 saturated heterocycles. The molecule has 3 aromatic carbocycles. The van der Waals surface area contributed by atoms with Crippen LogP contribution in [0.3, 0.4) is 0 Å². The Morgan fingerprint density at radius 1 is 0.974 bits per heavy atom. The van der Waals surface area contributed by atoms with Crippen molar-refractivity contribution in [2.75, 3.05) is 15.5 Å². The van der Waals surface area contributed by atoms with Crippen molar-refractivity contribution in [3.8, 4) is 0 Å². The fourth-order valence-corrected chi connectivity index (χ4v) is 7.16. The number of hydrogen-bond acceptors (Lipinski definition) is 4. The molecule has 4 aromatic rings. The van der Waals surface area contributed by atoms with Gasteiger partial charge in [-0.3, -0.25) is 9.69 Å². The summed E-state index contributed by atoms with van der Waals surface area (Å²) in [7, 11) is 0. The van der Waals surface area contributed by atoms with Crippen LogP contribution in [0.2, 0.25) is 0 Å². The first-order valence-corrected chi connectivity index (χ1v) is 14.7. The monoisotopic (exact) mass is 552 g/mol. The van der Waals surface area contributed by atoms with Crippen LogP contribution < -0.4 is 15.5 Å². The standard InChI is InChI=1S/C31H28N4O2S2/c1-2-27(30(36)33-22-15-14-20-16-17-32-24(20)19-22)38-23-9-7-8-21(18-23)34-31(37)35-25-10-3-5-12-28(25)39-29-13-6-4-11-26(29)35/h3-19,25,27-28,32H,2H2,1H3,(H,33,36)(H,34,37). The Hall–Kier alpha value is -3.88. The summed E-state index contributed by atoms with van der Waals surface area (Å²) in [5, 5.41) is 7.15. The molecule has 8 heteroatoms. The van der Waals surface area contributed by atoms with E-state index in [0.29, 0.717) is 12.1 Å². The second-order valence-corrected chi connectivity index (χ2v) is 11.9. The minimum Gasteiger partial charge on any atom is -0.361 e. The van der Waals surface area contributed by atoms with E-state index in [1.165, 1.54) is 11.8 Å². The summed E-state index contributed by atoms with van der Waals surface area (Å²) in [5.41, 5.74) is 3.35. The van der Waals surface area contributed by atoms with E-state index in [4.69, 9.17) is 0 Å². The van der Waals surface area contributed by atoms with Crippen LogP contribution in [0.4, 0.5) is 21.9 Å². The molecule has 196 valence electrons. The van der Waals surface area contributed by atoms with Crippen LogP contribution in [0.15, 0.2) is 113 Å². The first-order chi connectivity index (χ1) is 19.1. The number of thioether (sulfide) groups is 2. The smallest absolute Gasteiger partial charge is 0.326 e. The number of nitrogens with one attached hydrogen (secondary N) is 3. The SMILES string of the molecule is CCC(Sc1cccc(NC(=O)N2c3ccccc3SC3C=CC=CC32)c1)C(=O)Nc1ccc2cc[nH]c2c1. The molecule has 3 amide bonds. The number of benzene rings is 3. The number of carbonyl (C=O) groups is 2. The number of para-hydroxylation sites is 1. The van der Waals surface area contributed by atoms with Crippen LogP contribution in [0, 0.1) is 0 Å². The van der Waals surface area contributed by atoms with Crippen molar-refractivity contribution in [1.29, 1.82) is 0 Å². The van der Waals surface area contributed by atoms with Gasteiger partial charge < -0.3 is 15.6 Å². The van der Waals surface area contributed by atoms with Gasteiger partial charge in [0, 0.05) is 32.9 Å². The summed E-state index contributed by atoms with van der Waals surface area (Å²) >= 11 is 3.28. The summed E-state index contributed by atoms with van der Waals surface area (Å²) in [6.07, 6.45) is 10.8. The van der Waals surface area contributed by atoms with Crippen LogP contribution in [0.25, 0.3) is 10.9 Å². The number of aromatic amines is 1. The van der Waals surface area contributed by atoms with Gasteiger partial charge in [-0.2, -0.15) is 0 Å². The molecule has 0 spiro atoms. The molecule has 3 N–H and O–H groups in total. The van der Waals surface area contributed by atoms with Crippen molar-refractivity contribution in [2.24, 2.45) is 0 Å². The third kappa shape index (κ3) is 5.35. The van der Waals surface area contributed by atoms with Crippen LogP contribution in [0.5, 0.6) is 0 Å². The molecule has 0 radical (unpaired) electrons. The van der Waals surface area contributed by atoms with Crippen molar-refractivity contribution in [2.45, 2.75) is 39.7 Å². The van der Waals surface area contributed by atoms with E-state index in [0.717, 1.165) is 32.1 Å². The average molecular weight is 553 g/mol. The fourth-order valence-electron chi connectivity index (χ4n) is 4.89. The number of allylic oxidation sites excluding steroid dienone is 2. The molecule has 6 rings (SSSR count). The highest BCUT2D eigenvalue weighted by molar-refractivity contribution is 8.00. The molecule has 2 aliphatic rings. The Kier molecular flexibility index (Phi) is 7.22. The normalized spacial score (nSPS) is 18.3. The molecule has 3 atom stereocenters. The number of carbonyl (C=O) groups excluding carboxylic acids is 2. The van der Waals surface area contributed by atoms with Crippen LogP contribution in [-0.4, -0.2) is 33.5 Å². The van der Waals surface area contributed by atoms with Gasteiger partial charge in [0.1, 0.15) is 0 Å². The van der Waals surface area contributed by atoms with Gasteiger partial charge in [0.15, 0.2) is 0 Å². The number of fused-ring (bicyclic) bond motifs is 3. The Bertz CT molecular complexity index is 1590. The lowest BCUT2D eigenvalue weighted by molar-refractivity contribution is -0.115. The van der Waals surface area contributed by atoms with Crippen LogP contribution in [0.1, 0.15) is 13.3 Å². The van der Waals surface area contributed by atoms with Crippen LogP contribution >= 0.6 is 23.5 Å². The fraction of sp³-hybridized carbons (Fsp3) is 0.161. The Morgan fingerprint density at radius 2 is 1.82 bits per heavy atom. The van der Waals surface area contributed by atoms with Gasteiger partial charge in [-0.15, -0.1) is 23.5 Å². The lowest BCUT2D eigenvalue weighted by Crippen LogP contribution is -2.49. The zero-order valence-corrected chi connectivity index (χ0v) is 23.0. The van der Waals surface area contributed by atoms with Gasteiger partial charge in [-0.1, -0.05) is 55.5 Å². The predicted octanol–water partition coefficient (Wildman–Crippen LogP) is 7.68. The topological polar surface area (TPSA) is 77.2 Å². The second kappa shape index (κ2) is 11.1. The molecule has 0 bridgehead atoms. The van der Waals surface area contributed by atoms with Gasteiger partial charge in [0.05, 0.1) is 22.2 Å². The van der Waals surface area contributed by atoms with Crippen molar-refractivity contribution in [3.63, 3.8) is 0 Å². The number of nitrogens with zero attached hydrogens (tertiary/aromatic N) is 1. The Morgan fingerprint density at radius 3 is 2.72 bits per heavy atom. The zero-order chi connectivity index (χ0) is 26.8. The maximum Gasteiger partial charge on any atom is 0.326 e. The molecule has 1 aliphatic heterocycles. The zero-order valence-electron chi connectivity index (χ0n) is 21.3. The van der Waals surface area contributed by atoms with E-state index in [2.05, 4.69) is 33.8 Å². The van der Waals surface area contributed by atoms with E-state index in [-0.39, 0.29) is 28.5 Å². The molecular formula is C31H28N4O2S2. The Balaban J connectivity index is 1.16. The first kappa shape index (κ1) is 25.4. The van der Waals surface area contributed by atoms with E-state index in [1.807, 2.05) is 96.9 Å². The molecular weight excluding hydrogens is 525 g/mol. The summed E-state index contributed by atoms with van der Waals surface area (Å²) in [6.45, 7) is 2.01. The van der Waals surface area contributed by atoms with Gasteiger partial charge in [-0.25, -0.2) is 4.79 Å². The lowest BCUT2D eigenvalue weighted by Gasteiger charge is -2.40. The third-order valence-corrected chi connectivity index (χ3v) is 9.48. The highest BCUT2D eigenvalue weighted by Gasteiger charge is 2.36. The molecule has 3 unspecified atom stereocenters. The third-order valence-electron chi connectivity index (χ3n) is 6.81. The number of rotatable bonds is 6. The summed E-state index contributed by atoms with van der Waals surface area (Å²) in [6, 6.07) is 23.3. The van der Waals surface area contributed by atoms with Crippen LogP contribution in [-0.2, 0) is 4.79 Å². The molecule has 0 saturated carbocycles. The number of anilines is 3. The predicted molar refractivity (Wildman–Crippen MR) is 163 cm³/mol. The maximum atomic E-state index is 13.6. The van der Waals surface area contributed by atoms with E-state index >= 15 is 0 Å². The molecule has 2 heterocycles. The van der Waals surface area contributed by atoms with Gasteiger partial charge in [-0.05, 0) is 60.3 Å². The minimum absolute atomic E-state index is 0.0477. The second-order valence-electron chi connectivity index (χ2n) is 9.42. The number of amides is 3. The van der Waals surface area contributed by atoms with Crippen molar-refractivity contribution in [3.05, 3.63) is 103 Å². The molecule has 0 fully saturated rings. The number of H-pyrrole nitrogens is 1. The summed E-state index contributed by atoms with van der Waals surface area (Å²) < 4.78 is 0. The average Bonchev–Trinajstić information content (AvgIpc) is 3.42. The van der Waals surface area contributed by atoms with E-state index in [1.54, 1.807) is 11.8 Å². The Labute approximate surface area is 235 Å². The summed E-state index contributed by atoms with van der Waals surface area (Å²) in [5.74, 6) is -0.0477. The minimum atomic E-state index is -0.277. The van der Waals surface area contributed by atoms with Crippen molar-refractivity contribution >= 4 is 63.4 Å². The molecule has 6 nitrogen and oxygen atoms in total. The number of aromatic nitrogens is 1. The quantitative estimate of drug-likeness (QED) is 0.214. The van der Waals surface area contributed by atoms with Crippen molar-refractivity contribution in [1.82, 2.24) is 4.98 Å². The highest BCUT2D eigenvalue weighted by Crippen LogP contribution is 2.43. The molecule has 1 aliphatic carbocycles. The van der Waals surface area contributed by atoms with Gasteiger partial charge >= 0.3 is 6.03 Å². The van der Waals surface area contributed by atoms with E-state index < -0.39 is 0 Å². The highest BCUT2D eigenvalue weighted by atomic mass is 32.2. The maximum absolute atomic E-state index is 13.6. The molecule has 39 heavy (non-hydrogen) atoms. The summed E-state index contributed by atoms with van der Waals surface area (Å²) in [4.78, 5) is 33.8. The van der Waals surface area contributed by atoms with Crippen molar-refractivity contribution < 1.29 is 9.59 Å². The largest absolute Gasteiger partial charge is 0.361 e. The molecule has 1 aromatic heterocycles. The van der Waals surface area contributed by atoms with Gasteiger partial charge in [0.25, 0.3) is 0 Å². The number of urea groups is 1. The van der Waals surface area contributed by atoms with Gasteiger partial charge in [0.2, 0.25) is 5.91 Å².